The van der Waals surface area contributed by atoms with Crippen LogP contribution in [-0.2, 0) is 16.2 Å². The molecule has 0 aliphatic rings. The van der Waals surface area contributed by atoms with E-state index in [9.17, 15) is 26.0 Å². The van der Waals surface area contributed by atoms with Crippen LogP contribution in [-0.4, -0.2) is 18.0 Å². The van der Waals surface area contributed by atoms with Gasteiger partial charge in [0.1, 0.15) is 11.5 Å². The number of fused-ring (bicyclic) bond motifs is 1. The molecule has 0 bridgehead atoms. The number of nitrogens with zero attached hydrogens (tertiary/aromatic N) is 2. The molecule has 2 N–H and O–H groups in total. The molecule has 10 heteroatoms. The minimum absolute atomic E-state index is 0.116. The Morgan fingerprint density at radius 2 is 1.63 bits per heavy atom. The van der Waals surface area contributed by atoms with Gasteiger partial charge in [-0.2, -0.15) is 18.3 Å². The first-order valence-electron chi connectivity index (χ1n) is 8.53. The molecule has 2 aromatic heterocycles. The van der Waals surface area contributed by atoms with Gasteiger partial charge in [-0.05, 0) is 42.0 Å². The highest BCUT2D eigenvalue weighted by Crippen LogP contribution is 2.37. The van der Waals surface area contributed by atoms with Gasteiger partial charge in [-0.1, -0.05) is 24.3 Å². The smallest absolute Gasteiger partial charge is 0.239 e. The molecule has 0 atom stereocenters. The van der Waals surface area contributed by atoms with Crippen LogP contribution in [0.15, 0.2) is 71.8 Å². The number of pyridine rings is 1. The van der Waals surface area contributed by atoms with E-state index in [4.69, 9.17) is 5.14 Å². The minimum atomic E-state index is -4.56. The summed E-state index contributed by atoms with van der Waals surface area (Å²) in [6.45, 7) is 0. The average Bonchev–Trinajstić information content (AvgIpc) is 3.05. The number of alkyl halides is 3. The van der Waals surface area contributed by atoms with Crippen LogP contribution in [0.2, 0.25) is 0 Å². The maximum atomic E-state index is 13.8. The van der Waals surface area contributed by atoms with Crippen molar-refractivity contribution >= 4 is 15.5 Å². The highest BCUT2D eigenvalue weighted by Gasteiger charge is 2.31. The highest BCUT2D eigenvalue weighted by molar-refractivity contribution is 7.89. The number of rotatable bonds is 3. The molecule has 0 radical (unpaired) electrons. The van der Waals surface area contributed by atoms with Crippen LogP contribution in [0.25, 0.3) is 27.9 Å². The molecule has 0 spiro atoms. The molecule has 2 heterocycles. The monoisotopic (exact) mass is 435 g/mol. The summed E-state index contributed by atoms with van der Waals surface area (Å²) in [5.74, 6) is -0.531. The predicted molar refractivity (Wildman–Crippen MR) is 102 cm³/mol. The normalized spacial score (nSPS) is 12.4. The van der Waals surface area contributed by atoms with Crippen molar-refractivity contribution in [3.8, 4) is 22.4 Å². The SMILES string of the molecule is NS(=O)(=O)c1ccc(-c2c(-c3cccc(F)c3)nn3cc(C(F)(F)F)ccc23)cc1. The van der Waals surface area contributed by atoms with E-state index in [1.807, 2.05) is 0 Å². The van der Waals surface area contributed by atoms with Gasteiger partial charge in [0, 0.05) is 17.3 Å². The molecule has 0 aliphatic heterocycles. The molecule has 0 saturated carbocycles. The second-order valence-electron chi connectivity index (χ2n) is 6.55. The lowest BCUT2D eigenvalue weighted by molar-refractivity contribution is -0.137. The number of halogens is 4. The van der Waals surface area contributed by atoms with Crippen LogP contribution in [0.4, 0.5) is 17.6 Å². The third-order valence-electron chi connectivity index (χ3n) is 4.53. The molecule has 0 fully saturated rings. The first-order chi connectivity index (χ1) is 14.0. The van der Waals surface area contributed by atoms with E-state index in [1.54, 1.807) is 6.07 Å². The Hall–Kier alpha value is -3.24. The lowest BCUT2D eigenvalue weighted by Gasteiger charge is -2.07. The minimum Gasteiger partial charge on any atom is -0.239 e. The summed E-state index contributed by atoms with van der Waals surface area (Å²) in [7, 11) is -3.92. The molecule has 0 unspecified atom stereocenters. The van der Waals surface area contributed by atoms with E-state index in [-0.39, 0.29) is 10.6 Å². The number of nitrogens with two attached hydrogens (primary N) is 1. The Morgan fingerprint density at radius 1 is 0.933 bits per heavy atom. The van der Waals surface area contributed by atoms with E-state index in [0.717, 1.165) is 16.8 Å². The second-order valence-corrected chi connectivity index (χ2v) is 8.11. The summed E-state index contributed by atoms with van der Waals surface area (Å²) in [6.07, 6.45) is -3.71. The molecule has 2 aromatic carbocycles. The largest absolute Gasteiger partial charge is 0.417 e. The summed E-state index contributed by atoms with van der Waals surface area (Å²) in [5.41, 5.74) is 0.965. The molecule has 4 rings (SSSR count). The Labute approximate surface area is 168 Å². The van der Waals surface area contributed by atoms with Gasteiger partial charge in [-0.3, -0.25) is 0 Å². The van der Waals surface area contributed by atoms with Crippen LogP contribution in [0.1, 0.15) is 5.56 Å². The van der Waals surface area contributed by atoms with E-state index in [0.29, 0.717) is 22.2 Å². The fourth-order valence-corrected chi connectivity index (χ4v) is 3.67. The summed E-state index contributed by atoms with van der Waals surface area (Å²) in [5, 5.41) is 9.37. The van der Waals surface area contributed by atoms with Gasteiger partial charge in [0.2, 0.25) is 10.0 Å². The molecular formula is C20H13F4N3O2S. The topological polar surface area (TPSA) is 77.5 Å². The predicted octanol–water partition coefficient (Wildman–Crippen LogP) is 4.47. The summed E-state index contributed by atoms with van der Waals surface area (Å²) >= 11 is 0. The van der Waals surface area contributed by atoms with E-state index < -0.39 is 27.6 Å². The maximum absolute atomic E-state index is 13.8. The zero-order valence-electron chi connectivity index (χ0n) is 15.1. The Kier molecular flexibility index (Phi) is 4.63. The zero-order chi connectivity index (χ0) is 21.7. The number of hydrogen-bond donors (Lipinski definition) is 1. The van der Waals surface area contributed by atoms with Gasteiger partial charge in [-0.25, -0.2) is 22.5 Å². The van der Waals surface area contributed by atoms with Crippen molar-refractivity contribution in [1.29, 1.82) is 0 Å². The van der Waals surface area contributed by atoms with Crippen LogP contribution in [0, 0.1) is 5.82 Å². The Balaban J connectivity index is 1.99. The molecule has 0 saturated heterocycles. The van der Waals surface area contributed by atoms with Gasteiger partial charge in [0.25, 0.3) is 0 Å². The van der Waals surface area contributed by atoms with Crippen molar-refractivity contribution in [2.24, 2.45) is 5.14 Å². The van der Waals surface area contributed by atoms with Gasteiger partial charge < -0.3 is 0 Å². The molecule has 30 heavy (non-hydrogen) atoms. The molecule has 0 amide bonds. The van der Waals surface area contributed by atoms with Crippen LogP contribution >= 0.6 is 0 Å². The van der Waals surface area contributed by atoms with Crippen molar-refractivity contribution in [3.63, 3.8) is 0 Å². The molecular weight excluding hydrogens is 422 g/mol. The number of hydrogen-bond acceptors (Lipinski definition) is 3. The van der Waals surface area contributed by atoms with Crippen LogP contribution in [0.5, 0.6) is 0 Å². The van der Waals surface area contributed by atoms with E-state index >= 15 is 0 Å². The Bertz CT molecular complexity index is 1360. The Morgan fingerprint density at radius 3 is 2.23 bits per heavy atom. The highest BCUT2D eigenvalue weighted by atomic mass is 32.2. The van der Waals surface area contributed by atoms with Crippen LogP contribution < -0.4 is 5.14 Å². The standard InChI is InChI=1S/C20H13F4N3O2S/c21-15-3-1-2-13(10-15)19-18(12-4-7-16(8-5-12)30(25,28)29)17-9-6-14(20(22,23)24)11-27(17)26-19/h1-11H,(H2,25,28,29). The molecule has 154 valence electrons. The molecule has 4 aromatic rings. The van der Waals surface area contributed by atoms with Crippen LogP contribution in [0.3, 0.4) is 0 Å². The first kappa shape index (κ1) is 20.0. The lowest BCUT2D eigenvalue weighted by Crippen LogP contribution is -2.11. The lowest BCUT2D eigenvalue weighted by atomic mass is 9.99. The fraction of sp³-hybridized carbons (Fsp3) is 0.0500. The maximum Gasteiger partial charge on any atom is 0.417 e. The van der Waals surface area contributed by atoms with Crippen molar-refractivity contribution in [1.82, 2.24) is 9.61 Å². The van der Waals surface area contributed by atoms with Gasteiger partial charge in [0.05, 0.1) is 16.0 Å². The number of primary sulfonamides is 1. The van der Waals surface area contributed by atoms with E-state index in [2.05, 4.69) is 5.10 Å². The second kappa shape index (κ2) is 6.92. The summed E-state index contributed by atoms with van der Waals surface area (Å²) in [6, 6.07) is 13.2. The zero-order valence-corrected chi connectivity index (χ0v) is 15.9. The van der Waals surface area contributed by atoms with Crippen molar-refractivity contribution < 1.29 is 26.0 Å². The molecule has 5 nitrogen and oxygen atoms in total. The fourth-order valence-electron chi connectivity index (χ4n) is 3.15. The van der Waals surface area contributed by atoms with Crippen molar-refractivity contribution in [2.45, 2.75) is 11.1 Å². The quantitative estimate of drug-likeness (QED) is 0.482. The number of benzene rings is 2. The van der Waals surface area contributed by atoms with Crippen molar-refractivity contribution in [3.05, 3.63) is 78.2 Å². The van der Waals surface area contributed by atoms with Crippen molar-refractivity contribution in [2.75, 3.05) is 0 Å². The van der Waals surface area contributed by atoms with Gasteiger partial charge >= 0.3 is 6.18 Å². The number of sulfonamides is 1. The third kappa shape index (κ3) is 3.66. The summed E-state index contributed by atoms with van der Waals surface area (Å²) in [4.78, 5) is -0.116. The summed E-state index contributed by atoms with van der Waals surface area (Å²) < 4.78 is 77.2. The van der Waals surface area contributed by atoms with E-state index in [1.165, 1.54) is 48.5 Å². The average molecular weight is 435 g/mol. The third-order valence-corrected chi connectivity index (χ3v) is 5.46. The first-order valence-corrected chi connectivity index (χ1v) is 10.1. The number of aromatic nitrogens is 2. The van der Waals surface area contributed by atoms with Gasteiger partial charge in [0.15, 0.2) is 0 Å². The van der Waals surface area contributed by atoms with Gasteiger partial charge in [-0.15, -0.1) is 0 Å². The molecule has 0 aliphatic carbocycles.